The van der Waals surface area contributed by atoms with Gasteiger partial charge in [-0.25, -0.2) is 9.67 Å². The first kappa shape index (κ1) is 17.5. The van der Waals surface area contributed by atoms with Crippen molar-refractivity contribution in [2.75, 3.05) is 13.1 Å². The summed E-state index contributed by atoms with van der Waals surface area (Å²) in [6.07, 6.45) is 0.851. The van der Waals surface area contributed by atoms with Gasteiger partial charge in [0.05, 0.1) is 5.69 Å². The van der Waals surface area contributed by atoms with Crippen molar-refractivity contribution >= 4 is 5.91 Å². The molecule has 10 heteroatoms. The van der Waals surface area contributed by atoms with Gasteiger partial charge in [-0.2, -0.15) is 18.3 Å². The minimum atomic E-state index is -5.00. The van der Waals surface area contributed by atoms with Crippen molar-refractivity contribution in [2.24, 2.45) is 0 Å². The monoisotopic (exact) mass is 357 g/mol. The highest BCUT2D eigenvalue weighted by Crippen LogP contribution is 2.34. The standard InChI is InChI=1S/C15H18F3N5O2/c1-14(25,15(16,17)18)12(24)22-8-3-10(4-9-22)11-2-5-21-23(11)13-19-6-7-20-13/h2,5-7,10,25H,3-4,8-9H2,1H3,(H,19,20)/t14-/m1/s1. The van der Waals surface area contributed by atoms with Crippen molar-refractivity contribution < 1.29 is 23.1 Å². The summed E-state index contributed by atoms with van der Waals surface area (Å²) in [4.78, 5) is 20.2. The fourth-order valence-electron chi connectivity index (χ4n) is 2.98. The van der Waals surface area contributed by atoms with E-state index in [1.807, 2.05) is 6.07 Å². The highest BCUT2D eigenvalue weighted by Gasteiger charge is 2.57. The van der Waals surface area contributed by atoms with E-state index in [0.717, 1.165) is 10.6 Å². The SMILES string of the molecule is C[C@@](O)(C(=O)N1CCC(c2ccnn2-c2ncc[nH]2)CC1)C(F)(F)F. The predicted octanol–water partition coefficient (Wildman–Crippen LogP) is 1.61. The molecule has 1 aliphatic heterocycles. The average Bonchev–Trinajstić information content (AvgIpc) is 3.24. The molecule has 0 unspecified atom stereocenters. The van der Waals surface area contributed by atoms with E-state index >= 15 is 0 Å². The summed E-state index contributed by atoms with van der Waals surface area (Å²) >= 11 is 0. The van der Waals surface area contributed by atoms with Crippen molar-refractivity contribution in [3.63, 3.8) is 0 Å². The van der Waals surface area contributed by atoms with E-state index in [-0.39, 0.29) is 19.0 Å². The molecule has 0 aromatic carbocycles. The molecule has 7 nitrogen and oxygen atoms in total. The van der Waals surface area contributed by atoms with E-state index in [1.165, 1.54) is 0 Å². The van der Waals surface area contributed by atoms with Crippen molar-refractivity contribution in [3.05, 3.63) is 30.4 Å². The van der Waals surface area contributed by atoms with Crippen LogP contribution in [0.25, 0.3) is 5.95 Å². The number of imidazole rings is 1. The number of nitrogens with zero attached hydrogens (tertiary/aromatic N) is 4. The van der Waals surface area contributed by atoms with Gasteiger partial charge in [-0.15, -0.1) is 0 Å². The molecule has 1 atom stereocenters. The molecular weight excluding hydrogens is 339 g/mol. The second-order valence-electron chi connectivity index (χ2n) is 6.22. The number of alkyl halides is 3. The van der Waals surface area contributed by atoms with Crippen LogP contribution in [0.2, 0.25) is 0 Å². The van der Waals surface area contributed by atoms with E-state index in [0.29, 0.717) is 25.7 Å². The Kier molecular flexibility index (Phi) is 4.31. The summed E-state index contributed by atoms with van der Waals surface area (Å²) in [7, 11) is 0. The third-order valence-electron chi connectivity index (χ3n) is 4.53. The number of piperidine rings is 1. The summed E-state index contributed by atoms with van der Waals surface area (Å²) in [6.45, 7) is 0.769. The first-order chi connectivity index (χ1) is 11.7. The highest BCUT2D eigenvalue weighted by molar-refractivity contribution is 5.85. The first-order valence-corrected chi connectivity index (χ1v) is 7.84. The number of aliphatic hydroxyl groups is 1. The van der Waals surface area contributed by atoms with Crippen LogP contribution in [0.5, 0.6) is 0 Å². The molecule has 136 valence electrons. The van der Waals surface area contributed by atoms with E-state index in [9.17, 15) is 23.1 Å². The summed E-state index contributed by atoms with van der Waals surface area (Å²) in [5, 5.41) is 13.8. The lowest BCUT2D eigenvalue weighted by molar-refractivity contribution is -0.250. The van der Waals surface area contributed by atoms with Crippen LogP contribution in [0.4, 0.5) is 13.2 Å². The van der Waals surface area contributed by atoms with Crippen molar-refractivity contribution in [3.8, 4) is 5.95 Å². The Labute approximate surface area is 141 Å². The average molecular weight is 357 g/mol. The minimum absolute atomic E-state index is 0.0347. The fraction of sp³-hybridized carbons (Fsp3) is 0.533. The zero-order valence-electron chi connectivity index (χ0n) is 13.5. The number of carbonyl (C=O) groups is 1. The van der Waals surface area contributed by atoms with Gasteiger partial charge in [0.2, 0.25) is 11.5 Å². The van der Waals surface area contributed by atoms with Crippen LogP contribution < -0.4 is 0 Å². The van der Waals surface area contributed by atoms with Crippen LogP contribution in [-0.4, -0.2) is 60.5 Å². The Morgan fingerprint density at radius 3 is 2.56 bits per heavy atom. The molecule has 25 heavy (non-hydrogen) atoms. The lowest BCUT2D eigenvalue weighted by Crippen LogP contribution is -2.57. The molecule has 0 spiro atoms. The molecule has 0 radical (unpaired) electrons. The van der Waals surface area contributed by atoms with Gasteiger partial charge >= 0.3 is 6.18 Å². The van der Waals surface area contributed by atoms with Crippen LogP contribution in [0.15, 0.2) is 24.7 Å². The topological polar surface area (TPSA) is 87.0 Å². The number of hydrogen-bond acceptors (Lipinski definition) is 4. The maximum atomic E-state index is 12.8. The van der Waals surface area contributed by atoms with E-state index < -0.39 is 17.7 Å². The maximum Gasteiger partial charge on any atom is 0.426 e. The van der Waals surface area contributed by atoms with Crippen LogP contribution in [0.3, 0.4) is 0 Å². The van der Waals surface area contributed by atoms with Crippen molar-refractivity contribution in [1.82, 2.24) is 24.6 Å². The van der Waals surface area contributed by atoms with Gasteiger partial charge in [0.1, 0.15) is 0 Å². The van der Waals surface area contributed by atoms with Gasteiger partial charge in [-0.1, -0.05) is 0 Å². The molecule has 1 saturated heterocycles. The molecule has 1 amide bonds. The summed E-state index contributed by atoms with van der Waals surface area (Å²) in [5.41, 5.74) is -2.49. The first-order valence-electron chi connectivity index (χ1n) is 7.84. The second-order valence-corrected chi connectivity index (χ2v) is 6.22. The molecule has 1 fully saturated rings. The third kappa shape index (κ3) is 3.13. The minimum Gasteiger partial charge on any atom is -0.373 e. The number of carbonyl (C=O) groups excluding carboxylic acids is 1. The van der Waals surface area contributed by atoms with Crippen LogP contribution in [0.1, 0.15) is 31.4 Å². The fourth-order valence-corrected chi connectivity index (χ4v) is 2.98. The number of rotatable bonds is 3. The largest absolute Gasteiger partial charge is 0.426 e. The molecule has 0 aliphatic carbocycles. The van der Waals surface area contributed by atoms with Gasteiger partial charge in [0, 0.05) is 37.6 Å². The van der Waals surface area contributed by atoms with Gasteiger partial charge in [0.15, 0.2) is 0 Å². The molecule has 3 heterocycles. The zero-order chi connectivity index (χ0) is 18.2. The predicted molar refractivity (Wildman–Crippen MR) is 80.9 cm³/mol. The number of nitrogens with one attached hydrogen (secondary N) is 1. The smallest absolute Gasteiger partial charge is 0.373 e. The summed E-state index contributed by atoms with van der Waals surface area (Å²) < 4.78 is 40.1. The number of aromatic amines is 1. The molecule has 3 rings (SSSR count). The van der Waals surface area contributed by atoms with Crippen LogP contribution in [0, 0.1) is 0 Å². The van der Waals surface area contributed by atoms with Crippen molar-refractivity contribution in [1.29, 1.82) is 0 Å². The van der Waals surface area contributed by atoms with Crippen LogP contribution in [-0.2, 0) is 4.79 Å². The summed E-state index contributed by atoms with van der Waals surface area (Å²) in [5.74, 6) is -0.719. The van der Waals surface area contributed by atoms with Gasteiger partial charge in [-0.3, -0.25) is 4.79 Å². The number of H-pyrrole nitrogens is 1. The lowest BCUT2D eigenvalue weighted by atomic mass is 9.92. The van der Waals surface area contributed by atoms with Gasteiger partial charge in [-0.05, 0) is 25.8 Å². The second kappa shape index (κ2) is 6.17. The summed E-state index contributed by atoms with van der Waals surface area (Å²) in [6, 6.07) is 1.83. The zero-order valence-corrected chi connectivity index (χ0v) is 13.5. The normalized spacial score (nSPS) is 19.0. The van der Waals surface area contributed by atoms with Crippen molar-refractivity contribution in [2.45, 2.75) is 37.5 Å². The number of amides is 1. The lowest BCUT2D eigenvalue weighted by Gasteiger charge is -2.36. The molecule has 0 bridgehead atoms. The Hall–Kier alpha value is -2.36. The number of halogens is 3. The number of hydrogen-bond donors (Lipinski definition) is 2. The van der Waals surface area contributed by atoms with E-state index in [1.54, 1.807) is 23.3 Å². The molecule has 1 aliphatic rings. The Morgan fingerprint density at radius 1 is 1.32 bits per heavy atom. The van der Waals surface area contributed by atoms with Crippen LogP contribution >= 0.6 is 0 Å². The number of aromatic nitrogens is 4. The Balaban J connectivity index is 1.69. The van der Waals surface area contributed by atoms with E-state index in [2.05, 4.69) is 15.1 Å². The Bertz CT molecular complexity index is 731. The molecule has 2 N–H and O–H groups in total. The molecule has 2 aromatic heterocycles. The molecule has 0 saturated carbocycles. The third-order valence-corrected chi connectivity index (χ3v) is 4.53. The Morgan fingerprint density at radius 2 is 2.00 bits per heavy atom. The van der Waals surface area contributed by atoms with E-state index in [4.69, 9.17) is 0 Å². The van der Waals surface area contributed by atoms with Gasteiger partial charge < -0.3 is 15.0 Å². The maximum absolute atomic E-state index is 12.8. The molecular formula is C15H18F3N5O2. The number of likely N-dealkylation sites (tertiary alicyclic amines) is 1. The highest BCUT2D eigenvalue weighted by atomic mass is 19.4. The quantitative estimate of drug-likeness (QED) is 0.874. The van der Waals surface area contributed by atoms with Gasteiger partial charge in [0.25, 0.3) is 5.91 Å². The molecule has 2 aromatic rings.